The van der Waals surface area contributed by atoms with E-state index in [9.17, 15) is 0 Å². The standard InChI is InChI=1S/C24H20/c1-3-19-13-11-12-18-23(19)24(21-16-9-6-10-17-21)22(4-2)20-14-7-5-8-15-20/h3-18H,1-2H2/b24-22-. The van der Waals surface area contributed by atoms with Crippen LogP contribution in [0.25, 0.3) is 17.2 Å². The van der Waals surface area contributed by atoms with Gasteiger partial charge in [-0.1, -0.05) is 110 Å². The van der Waals surface area contributed by atoms with E-state index in [1.54, 1.807) is 0 Å². The van der Waals surface area contributed by atoms with Crippen LogP contribution in [0.15, 0.2) is 104 Å². The summed E-state index contributed by atoms with van der Waals surface area (Å²) in [5.74, 6) is 0. The average molecular weight is 308 g/mol. The van der Waals surface area contributed by atoms with Crippen LogP contribution in [0.4, 0.5) is 0 Å². The molecule has 0 aliphatic carbocycles. The minimum atomic E-state index is 1.12. The first-order chi connectivity index (χ1) is 11.8. The minimum absolute atomic E-state index is 1.12. The Bertz CT molecular complexity index is 868. The highest BCUT2D eigenvalue weighted by Gasteiger charge is 2.13. The fourth-order valence-electron chi connectivity index (χ4n) is 2.95. The zero-order chi connectivity index (χ0) is 16.8. The van der Waals surface area contributed by atoms with Crippen LogP contribution >= 0.6 is 0 Å². The molecule has 0 N–H and O–H groups in total. The maximum Gasteiger partial charge on any atom is -0.00270 e. The van der Waals surface area contributed by atoms with Crippen molar-refractivity contribution in [3.05, 3.63) is 126 Å². The van der Waals surface area contributed by atoms with Crippen molar-refractivity contribution in [2.75, 3.05) is 0 Å². The van der Waals surface area contributed by atoms with E-state index in [4.69, 9.17) is 0 Å². The number of benzene rings is 3. The van der Waals surface area contributed by atoms with Crippen molar-refractivity contribution >= 4 is 17.2 Å². The Morgan fingerprint density at radius 2 is 1.17 bits per heavy atom. The zero-order valence-corrected chi connectivity index (χ0v) is 13.7. The van der Waals surface area contributed by atoms with Gasteiger partial charge in [0.15, 0.2) is 0 Å². The summed E-state index contributed by atoms with van der Waals surface area (Å²) in [6, 6.07) is 29.2. The van der Waals surface area contributed by atoms with Crippen LogP contribution in [0, 0.1) is 0 Å². The number of rotatable bonds is 5. The summed E-state index contributed by atoms with van der Waals surface area (Å²) in [5.41, 5.74) is 6.91. The van der Waals surface area contributed by atoms with Gasteiger partial charge in [-0.05, 0) is 33.4 Å². The quantitative estimate of drug-likeness (QED) is 0.374. The summed E-state index contributed by atoms with van der Waals surface area (Å²) in [5, 5.41) is 0. The third-order valence-electron chi connectivity index (χ3n) is 4.07. The molecule has 24 heavy (non-hydrogen) atoms. The van der Waals surface area contributed by atoms with Crippen molar-refractivity contribution in [3.8, 4) is 0 Å². The van der Waals surface area contributed by atoms with Gasteiger partial charge >= 0.3 is 0 Å². The second-order valence-corrected chi connectivity index (χ2v) is 5.52. The second-order valence-electron chi connectivity index (χ2n) is 5.52. The van der Waals surface area contributed by atoms with Crippen molar-refractivity contribution in [2.45, 2.75) is 0 Å². The van der Waals surface area contributed by atoms with E-state index in [-0.39, 0.29) is 0 Å². The first-order valence-corrected chi connectivity index (χ1v) is 8.04. The Kier molecular flexibility index (Phi) is 4.88. The van der Waals surface area contributed by atoms with Crippen molar-refractivity contribution in [2.24, 2.45) is 0 Å². The maximum absolute atomic E-state index is 4.08. The third-order valence-corrected chi connectivity index (χ3v) is 4.07. The lowest BCUT2D eigenvalue weighted by molar-refractivity contribution is 1.51. The lowest BCUT2D eigenvalue weighted by Gasteiger charge is -2.16. The van der Waals surface area contributed by atoms with E-state index >= 15 is 0 Å². The van der Waals surface area contributed by atoms with Crippen LogP contribution in [0.3, 0.4) is 0 Å². The lowest BCUT2D eigenvalue weighted by Crippen LogP contribution is -1.96. The van der Waals surface area contributed by atoms with Crippen molar-refractivity contribution in [1.29, 1.82) is 0 Å². The molecule has 3 rings (SSSR count). The van der Waals surface area contributed by atoms with Gasteiger partial charge in [0.2, 0.25) is 0 Å². The van der Waals surface area contributed by atoms with Crippen molar-refractivity contribution in [3.63, 3.8) is 0 Å². The highest BCUT2D eigenvalue weighted by molar-refractivity contribution is 6.03. The Morgan fingerprint density at radius 1 is 0.625 bits per heavy atom. The molecule has 0 spiro atoms. The van der Waals surface area contributed by atoms with Crippen LogP contribution in [0.2, 0.25) is 0 Å². The van der Waals surface area contributed by atoms with Gasteiger partial charge in [-0.3, -0.25) is 0 Å². The fourth-order valence-corrected chi connectivity index (χ4v) is 2.95. The summed E-state index contributed by atoms with van der Waals surface area (Å²) in [6.45, 7) is 8.06. The second kappa shape index (κ2) is 7.43. The summed E-state index contributed by atoms with van der Waals surface area (Å²) in [6.07, 6.45) is 3.85. The van der Waals surface area contributed by atoms with Gasteiger partial charge in [0, 0.05) is 0 Å². The SMILES string of the molecule is C=C/C(=C(\c1ccccc1)c1ccccc1C=C)c1ccccc1. The molecule has 0 nitrogen and oxygen atoms in total. The molecule has 0 heterocycles. The minimum Gasteiger partial charge on any atom is -0.0984 e. The van der Waals surface area contributed by atoms with Crippen LogP contribution in [-0.2, 0) is 0 Å². The highest BCUT2D eigenvalue weighted by atomic mass is 14.2. The van der Waals surface area contributed by atoms with Crippen LogP contribution in [0.1, 0.15) is 22.3 Å². The number of hydrogen-bond donors (Lipinski definition) is 0. The molecular formula is C24H20. The van der Waals surface area contributed by atoms with Crippen LogP contribution < -0.4 is 0 Å². The Labute approximate surface area is 144 Å². The predicted octanol–water partition coefficient (Wildman–Crippen LogP) is 6.47. The summed E-state index contributed by atoms with van der Waals surface area (Å²) in [7, 11) is 0. The monoisotopic (exact) mass is 308 g/mol. The zero-order valence-electron chi connectivity index (χ0n) is 13.7. The van der Waals surface area contributed by atoms with Gasteiger partial charge < -0.3 is 0 Å². The molecular weight excluding hydrogens is 288 g/mol. The fraction of sp³-hybridized carbons (Fsp3) is 0. The lowest BCUT2D eigenvalue weighted by atomic mass is 9.87. The molecule has 0 saturated carbocycles. The Hall–Kier alpha value is -3.12. The van der Waals surface area contributed by atoms with Crippen molar-refractivity contribution < 1.29 is 0 Å². The van der Waals surface area contributed by atoms with Gasteiger partial charge in [-0.2, -0.15) is 0 Å². The molecule has 0 aliphatic rings. The average Bonchev–Trinajstić information content (AvgIpc) is 2.67. The molecule has 3 aromatic carbocycles. The topological polar surface area (TPSA) is 0 Å². The molecule has 0 aliphatic heterocycles. The van der Waals surface area contributed by atoms with Gasteiger partial charge in [0.1, 0.15) is 0 Å². The van der Waals surface area contributed by atoms with E-state index < -0.39 is 0 Å². The molecule has 0 aromatic heterocycles. The smallest absolute Gasteiger partial charge is 0.00270 e. The first-order valence-electron chi connectivity index (χ1n) is 8.04. The molecule has 0 fully saturated rings. The molecule has 0 radical (unpaired) electrons. The Balaban J connectivity index is 2.36. The molecule has 116 valence electrons. The maximum atomic E-state index is 4.08. The van der Waals surface area contributed by atoms with E-state index in [1.807, 2.05) is 30.4 Å². The molecule has 0 amide bonds. The summed E-state index contributed by atoms with van der Waals surface area (Å²) < 4.78 is 0. The number of allylic oxidation sites excluding steroid dienone is 2. The van der Waals surface area contributed by atoms with E-state index in [0.717, 1.165) is 22.3 Å². The van der Waals surface area contributed by atoms with Gasteiger partial charge in [-0.25, -0.2) is 0 Å². The van der Waals surface area contributed by atoms with Gasteiger partial charge in [0.25, 0.3) is 0 Å². The van der Waals surface area contributed by atoms with E-state index in [0.29, 0.717) is 0 Å². The molecule has 0 heteroatoms. The molecule has 0 bridgehead atoms. The molecule has 3 aromatic rings. The largest absolute Gasteiger partial charge is 0.0984 e. The normalized spacial score (nSPS) is 11.5. The predicted molar refractivity (Wildman–Crippen MR) is 106 cm³/mol. The summed E-state index contributed by atoms with van der Waals surface area (Å²) >= 11 is 0. The van der Waals surface area contributed by atoms with Crippen LogP contribution in [0.5, 0.6) is 0 Å². The van der Waals surface area contributed by atoms with Gasteiger partial charge in [0.05, 0.1) is 0 Å². The van der Waals surface area contributed by atoms with Crippen LogP contribution in [-0.4, -0.2) is 0 Å². The van der Waals surface area contributed by atoms with E-state index in [1.165, 1.54) is 11.1 Å². The first kappa shape index (κ1) is 15.8. The number of hydrogen-bond acceptors (Lipinski definition) is 0. The van der Waals surface area contributed by atoms with Crippen molar-refractivity contribution in [1.82, 2.24) is 0 Å². The molecule has 0 unspecified atom stereocenters. The Morgan fingerprint density at radius 3 is 1.75 bits per heavy atom. The van der Waals surface area contributed by atoms with E-state index in [2.05, 4.69) is 79.9 Å². The van der Waals surface area contributed by atoms with Gasteiger partial charge in [-0.15, -0.1) is 0 Å². The molecule has 0 atom stereocenters. The molecule has 0 saturated heterocycles. The third kappa shape index (κ3) is 3.13. The summed E-state index contributed by atoms with van der Waals surface area (Å²) in [4.78, 5) is 0. The highest BCUT2D eigenvalue weighted by Crippen LogP contribution is 2.34.